The number of nitrogens with two attached hydrogens (primary N) is 1. The van der Waals surface area contributed by atoms with E-state index >= 15 is 0 Å². The monoisotopic (exact) mass is 203 g/mol. The van der Waals surface area contributed by atoms with Crippen molar-refractivity contribution < 1.29 is 10.2 Å². The standard InChI is InChI=1S/C11H25NO2/c1-2-3-4-5-6-7-8-11(14)10(12)9-13/h10-11,13-14H,2-9,12H2,1H3/t10-,11?/m0/s1. The summed E-state index contributed by atoms with van der Waals surface area (Å²) in [5.41, 5.74) is 5.48. The quantitative estimate of drug-likeness (QED) is 0.496. The summed E-state index contributed by atoms with van der Waals surface area (Å²) in [5.74, 6) is 0. The van der Waals surface area contributed by atoms with Gasteiger partial charge in [0.2, 0.25) is 0 Å². The van der Waals surface area contributed by atoms with Crippen LogP contribution in [0.2, 0.25) is 0 Å². The molecule has 0 radical (unpaired) electrons. The third-order valence-corrected chi connectivity index (χ3v) is 2.56. The summed E-state index contributed by atoms with van der Waals surface area (Å²) in [6.07, 6.45) is 7.46. The molecule has 2 atom stereocenters. The minimum atomic E-state index is -0.536. The van der Waals surface area contributed by atoms with E-state index in [0.29, 0.717) is 6.42 Å². The van der Waals surface area contributed by atoms with Crippen LogP contribution in [0.1, 0.15) is 51.9 Å². The van der Waals surface area contributed by atoms with Gasteiger partial charge < -0.3 is 15.9 Å². The van der Waals surface area contributed by atoms with E-state index in [2.05, 4.69) is 6.92 Å². The number of unbranched alkanes of at least 4 members (excludes halogenated alkanes) is 5. The lowest BCUT2D eigenvalue weighted by atomic mass is 10.0. The molecule has 0 saturated heterocycles. The summed E-state index contributed by atoms with van der Waals surface area (Å²) in [5, 5.41) is 18.1. The molecule has 0 aromatic carbocycles. The minimum Gasteiger partial charge on any atom is -0.395 e. The SMILES string of the molecule is CCCCCCCCC(O)[C@@H](N)CO. The Balaban J connectivity index is 3.18. The molecule has 0 aromatic rings. The second-order valence-corrected chi connectivity index (χ2v) is 3.97. The fourth-order valence-corrected chi connectivity index (χ4v) is 1.47. The van der Waals surface area contributed by atoms with E-state index in [1.165, 1.54) is 25.7 Å². The first-order valence-electron chi connectivity index (χ1n) is 5.76. The van der Waals surface area contributed by atoms with Gasteiger partial charge in [-0.3, -0.25) is 0 Å². The van der Waals surface area contributed by atoms with E-state index in [9.17, 15) is 5.11 Å². The molecule has 0 aliphatic rings. The lowest BCUT2D eigenvalue weighted by Gasteiger charge is -2.15. The van der Waals surface area contributed by atoms with Gasteiger partial charge in [-0.25, -0.2) is 0 Å². The second kappa shape index (κ2) is 9.44. The van der Waals surface area contributed by atoms with E-state index in [1.54, 1.807) is 0 Å². The van der Waals surface area contributed by atoms with E-state index < -0.39 is 12.1 Å². The number of rotatable bonds is 9. The van der Waals surface area contributed by atoms with Gasteiger partial charge in [-0.1, -0.05) is 45.4 Å². The molecule has 0 bridgehead atoms. The largest absolute Gasteiger partial charge is 0.395 e. The van der Waals surface area contributed by atoms with Crippen LogP contribution in [0.3, 0.4) is 0 Å². The van der Waals surface area contributed by atoms with Gasteiger partial charge in [0.05, 0.1) is 18.8 Å². The fraction of sp³-hybridized carbons (Fsp3) is 1.00. The number of hydrogen-bond acceptors (Lipinski definition) is 3. The van der Waals surface area contributed by atoms with Crippen molar-refractivity contribution in [3.63, 3.8) is 0 Å². The van der Waals surface area contributed by atoms with Crippen molar-refractivity contribution in [3.8, 4) is 0 Å². The van der Waals surface area contributed by atoms with E-state index in [1.807, 2.05) is 0 Å². The number of aliphatic hydroxyl groups is 2. The first-order valence-corrected chi connectivity index (χ1v) is 5.76. The van der Waals surface area contributed by atoms with Crippen molar-refractivity contribution in [2.45, 2.75) is 64.0 Å². The smallest absolute Gasteiger partial charge is 0.0713 e. The molecule has 86 valence electrons. The summed E-state index contributed by atoms with van der Waals surface area (Å²) in [7, 11) is 0. The van der Waals surface area contributed by atoms with Crippen molar-refractivity contribution in [2.75, 3.05) is 6.61 Å². The summed E-state index contributed by atoms with van der Waals surface area (Å²) < 4.78 is 0. The molecule has 3 nitrogen and oxygen atoms in total. The van der Waals surface area contributed by atoms with E-state index in [4.69, 9.17) is 10.8 Å². The molecule has 0 spiro atoms. The first kappa shape index (κ1) is 13.9. The summed E-state index contributed by atoms with van der Waals surface area (Å²) in [4.78, 5) is 0. The normalized spacial score (nSPS) is 15.4. The third kappa shape index (κ3) is 7.30. The van der Waals surface area contributed by atoms with Crippen LogP contribution in [0.4, 0.5) is 0 Å². The topological polar surface area (TPSA) is 66.5 Å². The molecule has 0 fully saturated rings. The van der Waals surface area contributed by atoms with Crippen LogP contribution in [0.5, 0.6) is 0 Å². The average Bonchev–Trinajstić information content (AvgIpc) is 2.21. The summed E-state index contributed by atoms with van der Waals surface area (Å²) in [6.45, 7) is 2.07. The van der Waals surface area contributed by atoms with Gasteiger partial charge in [-0.2, -0.15) is 0 Å². The highest BCUT2D eigenvalue weighted by molar-refractivity contribution is 4.70. The summed E-state index contributed by atoms with van der Waals surface area (Å²) >= 11 is 0. The zero-order valence-corrected chi connectivity index (χ0v) is 9.28. The molecule has 0 aromatic heterocycles. The molecule has 0 heterocycles. The van der Waals surface area contributed by atoms with Gasteiger partial charge >= 0.3 is 0 Å². The molecular formula is C11H25NO2. The predicted molar refractivity (Wildman–Crippen MR) is 59.1 cm³/mol. The lowest BCUT2D eigenvalue weighted by molar-refractivity contribution is 0.0990. The molecule has 0 saturated carbocycles. The average molecular weight is 203 g/mol. The Hall–Kier alpha value is -0.120. The first-order chi connectivity index (χ1) is 6.72. The highest BCUT2D eigenvalue weighted by atomic mass is 16.3. The van der Waals surface area contributed by atoms with Gasteiger partial charge in [0.1, 0.15) is 0 Å². The van der Waals surface area contributed by atoms with Gasteiger partial charge in [0.15, 0.2) is 0 Å². The maximum atomic E-state index is 9.44. The fourth-order valence-electron chi connectivity index (χ4n) is 1.47. The van der Waals surface area contributed by atoms with Gasteiger partial charge in [-0.05, 0) is 6.42 Å². The Labute approximate surface area is 87.3 Å². The molecule has 1 unspecified atom stereocenters. The van der Waals surface area contributed by atoms with Gasteiger partial charge in [-0.15, -0.1) is 0 Å². The molecule has 0 aliphatic carbocycles. The Morgan fingerprint density at radius 3 is 2.21 bits per heavy atom. The number of hydrogen-bond donors (Lipinski definition) is 3. The maximum Gasteiger partial charge on any atom is 0.0713 e. The Bertz CT molecular complexity index is 120. The minimum absolute atomic E-state index is 0.128. The maximum absolute atomic E-state index is 9.44. The Kier molecular flexibility index (Phi) is 9.35. The molecule has 3 heteroatoms. The second-order valence-electron chi connectivity index (χ2n) is 3.97. The predicted octanol–water partition coefficient (Wildman–Crippen LogP) is 1.42. The van der Waals surface area contributed by atoms with Crippen LogP contribution in [0.25, 0.3) is 0 Å². The molecule has 0 rings (SSSR count). The third-order valence-electron chi connectivity index (χ3n) is 2.56. The highest BCUT2D eigenvalue weighted by Gasteiger charge is 2.12. The summed E-state index contributed by atoms with van der Waals surface area (Å²) in [6, 6.07) is -0.467. The van der Waals surface area contributed by atoms with Crippen LogP contribution in [0, 0.1) is 0 Å². The van der Waals surface area contributed by atoms with Crippen molar-refractivity contribution in [2.24, 2.45) is 5.73 Å². The van der Waals surface area contributed by atoms with E-state index in [0.717, 1.165) is 12.8 Å². The molecular weight excluding hydrogens is 178 g/mol. The number of aliphatic hydroxyl groups excluding tert-OH is 2. The molecule has 0 aliphatic heterocycles. The van der Waals surface area contributed by atoms with Crippen LogP contribution in [-0.2, 0) is 0 Å². The lowest BCUT2D eigenvalue weighted by Crippen LogP contribution is -2.37. The van der Waals surface area contributed by atoms with Crippen molar-refractivity contribution >= 4 is 0 Å². The highest BCUT2D eigenvalue weighted by Crippen LogP contribution is 2.09. The zero-order chi connectivity index (χ0) is 10.8. The van der Waals surface area contributed by atoms with Crippen LogP contribution in [-0.4, -0.2) is 29.0 Å². The molecule has 4 N–H and O–H groups in total. The van der Waals surface area contributed by atoms with Crippen LogP contribution >= 0.6 is 0 Å². The van der Waals surface area contributed by atoms with Gasteiger partial charge in [0.25, 0.3) is 0 Å². The van der Waals surface area contributed by atoms with Crippen molar-refractivity contribution in [1.29, 1.82) is 0 Å². The zero-order valence-electron chi connectivity index (χ0n) is 9.28. The molecule has 0 amide bonds. The Morgan fingerprint density at radius 2 is 1.64 bits per heavy atom. The van der Waals surface area contributed by atoms with E-state index in [-0.39, 0.29) is 6.61 Å². The Morgan fingerprint density at radius 1 is 1.07 bits per heavy atom. The van der Waals surface area contributed by atoms with Gasteiger partial charge in [0, 0.05) is 0 Å². The van der Waals surface area contributed by atoms with Crippen molar-refractivity contribution in [1.82, 2.24) is 0 Å². The van der Waals surface area contributed by atoms with Crippen LogP contribution in [0.15, 0.2) is 0 Å². The van der Waals surface area contributed by atoms with Crippen LogP contribution < -0.4 is 5.73 Å². The molecule has 14 heavy (non-hydrogen) atoms. The van der Waals surface area contributed by atoms with Crippen molar-refractivity contribution in [3.05, 3.63) is 0 Å².